The number of carbonyl (C=O) groups excluding carboxylic acids is 1. The molecule has 1 fully saturated rings. The highest BCUT2D eigenvalue weighted by atomic mass is 19.2. The first-order chi connectivity index (χ1) is 10.0. The van der Waals surface area contributed by atoms with Crippen LogP contribution in [0.25, 0.3) is 0 Å². The second-order valence-corrected chi connectivity index (χ2v) is 5.03. The molecule has 0 N–H and O–H groups in total. The van der Waals surface area contributed by atoms with E-state index in [1.165, 1.54) is 4.90 Å². The molecule has 0 radical (unpaired) electrons. The molecule has 1 aromatic heterocycles. The second kappa shape index (κ2) is 5.23. The van der Waals surface area contributed by atoms with Crippen molar-refractivity contribution < 1.29 is 18.0 Å². The van der Waals surface area contributed by atoms with Gasteiger partial charge in [-0.2, -0.15) is 0 Å². The van der Waals surface area contributed by atoms with E-state index in [1.54, 1.807) is 23.3 Å². The van der Waals surface area contributed by atoms with Crippen molar-refractivity contribution in [2.75, 3.05) is 6.54 Å². The molecule has 1 aliphatic heterocycles. The normalized spacial score (nSPS) is 18.5. The van der Waals surface area contributed by atoms with Crippen LogP contribution in [-0.2, 0) is 11.5 Å². The molecule has 0 saturated carbocycles. The number of carbonyl (C=O) groups is 1. The van der Waals surface area contributed by atoms with Crippen molar-refractivity contribution in [3.8, 4) is 0 Å². The fourth-order valence-electron chi connectivity index (χ4n) is 2.56. The maximum atomic E-state index is 13.8. The Kier molecular flexibility index (Phi) is 3.40. The zero-order valence-corrected chi connectivity index (χ0v) is 11.0. The molecule has 1 amide bonds. The van der Waals surface area contributed by atoms with Crippen LogP contribution in [0.2, 0.25) is 0 Å². The Hall–Kier alpha value is -2.31. The summed E-state index contributed by atoms with van der Waals surface area (Å²) in [7, 11) is 0. The lowest BCUT2D eigenvalue weighted by molar-refractivity contribution is -0.129. The van der Waals surface area contributed by atoms with Gasteiger partial charge in [-0.25, -0.2) is 18.2 Å². The molecule has 7 heteroatoms. The number of benzene rings is 1. The van der Waals surface area contributed by atoms with Crippen molar-refractivity contribution in [3.05, 3.63) is 53.9 Å². The van der Waals surface area contributed by atoms with Crippen LogP contribution in [0, 0.1) is 17.5 Å². The predicted octanol–water partition coefficient (Wildman–Crippen LogP) is 2.27. The van der Waals surface area contributed by atoms with Crippen molar-refractivity contribution in [2.24, 2.45) is 0 Å². The Morgan fingerprint density at radius 2 is 2.10 bits per heavy atom. The summed E-state index contributed by atoms with van der Waals surface area (Å²) < 4.78 is 42.0. The van der Waals surface area contributed by atoms with E-state index in [1.807, 2.05) is 0 Å². The Morgan fingerprint density at radius 1 is 1.29 bits per heavy atom. The molecule has 0 spiro atoms. The Bertz CT molecular complexity index is 672. The van der Waals surface area contributed by atoms with E-state index in [9.17, 15) is 18.0 Å². The van der Waals surface area contributed by atoms with Gasteiger partial charge in [0.2, 0.25) is 5.91 Å². The van der Waals surface area contributed by atoms with Crippen molar-refractivity contribution in [1.29, 1.82) is 0 Å². The summed E-state index contributed by atoms with van der Waals surface area (Å²) in [5.74, 6) is -3.89. The van der Waals surface area contributed by atoms with Gasteiger partial charge in [0.1, 0.15) is 5.82 Å². The predicted molar refractivity (Wildman–Crippen MR) is 67.6 cm³/mol. The highest BCUT2D eigenvalue weighted by Crippen LogP contribution is 2.31. The van der Waals surface area contributed by atoms with Gasteiger partial charge in [0.15, 0.2) is 11.6 Å². The standard InChI is InChI=1S/C14H12F3N3O/c15-10-4-11(14(17)12(16)5-10)9-3-13(21)20(6-9)8-19-2-1-18-7-19/h1-2,4-5,7,9H,3,6,8H2. The number of rotatable bonds is 3. The van der Waals surface area contributed by atoms with E-state index in [0.717, 1.165) is 6.07 Å². The zero-order chi connectivity index (χ0) is 15.0. The molecule has 21 heavy (non-hydrogen) atoms. The number of aromatic nitrogens is 2. The summed E-state index contributed by atoms with van der Waals surface area (Å²) >= 11 is 0. The average molecular weight is 295 g/mol. The van der Waals surface area contributed by atoms with Gasteiger partial charge in [-0.3, -0.25) is 4.79 Å². The van der Waals surface area contributed by atoms with Crippen LogP contribution in [0.4, 0.5) is 13.2 Å². The van der Waals surface area contributed by atoms with Gasteiger partial charge >= 0.3 is 0 Å². The molecule has 0 bridgehead atoms. The minimum atomic E-state index is -1.23. The molecule has 2 aromatic rings. The Balaban J connectivity index is 1.81. The molecule has 0 aliphatic carbocycles. The smallest absolute Gasteiger partial charge is 0.224 e. The lowest BCUT2D eigenvalue weighted by Gasteiger charge is -2.17. The molecule has 1 unspecified atom stereocenters. The zero-order valence-electron chi connectivity index (χ0n) is 11.0. The van der Waals surface area contributed by atoms with Gasteiger partial charge < -0.3 is 9.47 Å². The molecule has 2 heterocycles. The van der Waals surface area contributed by atoms with Crippen LogP contribution in [0.15, 0.2) is 30.9 Å². The minimum Gasteiger partial charge on any atom is -0.324 e. The maximum absolute atomic E-state index is 13.8. The van der Waals surface area contributed by atoms with E-state index in [4.69, 9.17) is 0 Å². The van der Waals surface area contributed by atoms with Gasteiger partial charge in [0, 0.05) is 37.3 Å². The maximum Gasteiger partial charge on any atom is 0.224 e. The van der Waals surface area contributed by atoms with Gasteiger partial charge in [-0.05, 0) is 11.6 Å². The Morgan fingerprint density at radius 3 is 2.81 bits per heavy atom. The van der Waals surface area contributed by atoms with Crippen molar-refractivity contribution in [2.45, 2.75) is 19.0 Å². The Labute approximate surface area is 118 Å². The number of likely N-dealkylation sites (tertiary alicyclic amines) is 1. The third kappa shape index (κ3) is 2.63. The molecule has 110 valence electrons. The summed E-state index contributed by atoms with van der Waals surface area (Å²) in [6, 6.07) is 1.45. The monoisotopic (exact) mass is 295 g/mol. The van der Waals surface area contributed by atoms with Crippen molar-refractivity contribution >= 4 is 5.91 Å². The molecule has 1 aliphatic rings. The molecule has 1 atom stereocenters. The van der Waals surface area contributed by atoms with Crippen LogP contribution < -0.4 is 0 Å². The first-order valence-electron chi connectivity index (χ1n) is 6.42. The van der Waals surface area contributed by atoms with Crippen LogP contribution >= 0.6 is 0 Å². The van der Waals surface area contributed by atoms with E-state index in [-0.39, 0.29) is 31.1 Å². The van der Waals surface area contributed by atoms with Crippen molar-refractivity contribution in [1.82, 2.24) is 14.5 Å². The first-order valence-corrected chi connectivity index (χ1v) is 6.42. The number of imidazole rings is 1. The highest BCUT2D eigenvalue weighted by Gasteiger charge is 2.33. The summed E-state index contributed by atoms with van der Waals surface area (Å²) in [4.78, 5) is 17.3. The van der Waals surface area contributed by atoms with Crippen molar-refractivity contribution in [3.63, 3.8) is 0 Å². The first kappa shape index (κ1) is 13.7. The van der Waals surface area contributed by atoms with Crippen LogP contribution in [0.3, 0.4) is 0 Å². The number of halogens is 3. The molecular weight excluding hydrogens is 283 g/mol. The van der Waals surface area contributed by atoms with Crippen LogP contribution in [0.1, 0.15) is 17.9 Å². The lowest BCUT2D eigenvalue weighted by Crippen LogP contribution is -2.27. The topological polar surface area (TPSA) is 38.1 Å². The van der Waals surface area contributed by atoms with Crippen LogP contribution in [0.5, 0.6) is 0 Å². The number of hydrogen-bond acceptors (Lipinski definition) is 2. The van der Waals surface area contributed by atoms with Gasteiger partial charge in [0.05, 0.1) is 13.0 Å². The fourth-order valence-corrected chi connectivity index (χ4v) is 2.56. The molecule has 4 nitrogen and oxygen atoms in total. The summed E-state index contributed by atoms with van der Waals surface area (Å²) in [6.45, 7) is 0.506. The summed E-state index contributed by atoms with van der Waals surface area (Å²) in [6.07, 6.45) is 4.88. The van der Waals surface area contributed by atoms with Gasteiger partial charge in [-0.1, -0.05) is 0 Å². The second-order valence-electron chi connectivity index (χ2n) is 5.03. The van der Waals surface area contributed by atoms with E-state index in [2.05, 4.69) is 4.98 Å². The number of hydrogen-bond donors (Lipinski definition) is 0. The van der Waals surface area contributed by atoms with Gasteiger partial charge in [-0.15, -0.1) is 0 Å². The molecule has 1 aromatic carbocycles. The quantitative estimate of drug-likeness (QED) is 0.815. The van der Waals surface area contributed by atoms with E-state index < -0.39 is 23.4 Å². The van der Waals surface area contributed by atoms with Crippen LogP contribution in [-0.4, -0.2) is 26.9 Å². The summed E-state index contributed by atoms with van der Waals surface area (Å²) in [5.41, 5.74) is -0.0889. The SMILES string of the molecule is O=C1CC(c2cc(F)cc(F)c2F)CN1Cn1ccnc1. The van der Waals surface area contributed by atoms with E-state index in [0.29, 0.717) is 6.07 Å². The average Bonchev–Trinajstić information content (AvgIpc) is 3.05. The van der Waals surface area contributed by atoms with E-state index >= 15 is 0 Å². The largest absolute Gasteiger partial charge is 0.324 e. The number of amides is 1. The lowest BCUT2D eigenvalue weighted by atomic mass is 9.97. The molecule has 3 rings (SSSR count). The number of nitrogens with zero attached hydrogens (tertiary/aromatic N) is 3. The molecule has 1 saturated heterocycles. The summed E-state index contributed by atoms with van der Waals surface area (Å²) in [5, 5.41) is 0. The fraction of sp³-hybridized carbons (Fsp3) is 0.286. The minimum absolute atomic E-state index is 0.0362. The third-order valence-corrected chi connectivity index (χ3v) is 3.57. The third-order valence-electron chi connectivity index (χ3n) is 3.57. The van der Waals surface area contributed by atoms with Gasteiger partial charge in [0.25, 0.3) is 0 Å². The highest BCUT2D eigenvalue weighted by molar-refractivity contribution is 5.79. The molecular formula is C14H12F3N3O.